The Balaban J connectivity index is 1.54. The van der Waals surface area contributed by atoms with Crippen LogP contribution in [0.3, 0.4) is 0 Å². The zero-order chi connectivity index (χ0) is 28.3. The number of pyridine rings is 1. The predicted octanol–water partition coefficient (Wildman–Crippen LogP) is 6.28. The van der Waals surface area contributed by atoms with Crippen molar-refractivity contribution in [3.8, 4) is 17.0 Å². The second-order valence-corrected chi connectivity index (χ2v) is 11.1. The van der Waals surface area contributed by atoms with Gasteiger partial charge in [-0.1, -0.05) is 42.5 Å². The van der Waals surface area contributed by atoms with Gasteiger partial charge in [0, 0.05) is 31.5 Å². The van der Waals surface area contributed by atoms with E-state index in [0.717, 1.165) is 40.6 Å². The SMILES string of the molecule is CC(=O)Nc1n[nH]c2nc(-c3ccccc3OCc3ccccc3)cc(C3CCCN(C(=O)OC(C)(C)C)C3)c12. The molecule has 1 aliphatic heterocycles. The Morgan fingerprint density at radius 2 is 1.85 bits per heavy atom. The summed E-state index contributed by atoms with van der Waals surface area (Å²) in [6, 6.07) is 19.9. The maximum Gasteiger partial charge on any atom is 0.410 e. The van der Waals surface area contributed by atoms with Crippen LogP contribution in [0.2, 0.25) is 0 Å². The minimum atomic E-state index is -0.576. The van der Waals surface area contributed by atoms with Gasteiger partial charge in [0.2, 0.25) is 5.91 Å². The Kier molecular flexibility index (Phi) is 7.73. The maximum absolute atomic E-state index is 12.9. The number of likely N-dealkylation sites (tertiary alicyclic amines) is 1. The van der Waals surface area contributed by atoms with Crippen LogP contribution in [0.25, 0.3) is 22.3 Å². The third-order valence-electron chi connectivity index (χ3n) is 6.77. The number of para-hydroxylation sites is 1. The molecule has 1 aliphatic rings. The van der Waals surface area contributed by atoms with E-state index in [1.54, 1.807) is 4.90 Å². The third kappa shape index (κ3) is 6.25. The number of benzene rings is 2. The highest BCUT2D eigenvalue weighted by molar-refractivity contribution is 6.00. The number of amides is 2. The lowest BCUT2D eigenvalue weighted by Crippen LogP contribution is -2.42. The number of aromatic nitrogens is 3. The fourth-order valence-electron chi connectivity index (χ4n) is 5.04. The van der Waals surface area contributed by atoms with E-state index in [1.165, 1.54) is 6.92 Å². The zero-order valence-corrected chi connectivity index (χ0v) is 23.4. The number of anilines is 1. The van der Waals surface area contributed by atoms with E-state index in [9.17, 15) is 9.59 Å². The van der Waals surface area contributed by atoms with E-state index >= 15 is 0 Å². The number of ether oxygens (including phenoxy) is 2. The lowest BCUT2D eigenvalue weighted by molar-refractivity contribution is -0.114. The second-order valence-electron chi connectivity index (χ2n) is 11.1. The Hall–Kier alpha value is -4.40. The molecule has 4 aromatic rings. The number of piperidine rings is 1. The number of fused-ring (bicyclic) bond motifs is 1. The summed E-state index contributed by atoms with van der Waals surface area (Å²) >= 11 is 0. The highest BCUT2D eigenvalue weighted by atomic mass is 16.6. The molecular weight excluding hydrogens is 506 g/mol. The molecule has 0 radical (unpaired) electrons. The molecule has 40 heavy (non-hydrogen) atoms. The summed E-state index contributed by atoms with van der Waals surface area (Å²) in [4.78, 5) is 31.6. The van der Waals surface area contributed by atoms with Gasteiger partial charge in [-0.2, -0.15) is 5.10 Å². The van der Waals surface area contributed by atoms with Crippen LogP contribution in [0.5, 0.6) is 5.75 Å². The van der Waals surface area contributed by atoms with E-state index in [2.05, 4.69) is 15.5 Å². The summed E-state index contributed by atoms with van der Waals surface area (Å²) in [6.45, 7) is 8.61. The van der Waals surface area contributed by atoms with Crippen LogP contribution in [0.15, 0.2) is 60.7 Å². The number of hydrogen-bond donors (Lipinski definition) is 2. The highest BCUT2D eigenvalue weighted by Gasteiger charge is 2.31. The molecule has 1 saturated heterocycles. The summed E-state index contributed by atoms with van der Waals surface area (Å²) in [5.74, 6) is 0.916. The number of rotatable bonds is 6. The number of H-pyrrole nitrogens is 1. The minimum absolute atomic E-state index is 0.00646. The van der Waals surface area contributed by atoms with Crippen LogP contribution in [-0.4, -0.2) is 50.8 Å². The Morgan fingerprint density at radius 3 is 2.60 bits per heavy atom. The molecule has 2 N–H and O–H groups in total. The van der Waals surface area contributed by atoms with Gasteiger partial charge in [0.25, 0.3) is 0 Å². The van der Waals surface area contributed by atoms with Gasteiger partial charge in [-0.3, -0.25) is 9.89 Å². The zero-order valence-electron chi connectivity index (χ0n) is 23.4. The van der Waals surface area contributed by atoms with Crippen LogP contribution in [0, 0.1) is 0 Å². The van der Waals surface area contributed by atoms with Crippen molar-refractivity contribution in [2.75, 3.05) is 18.4 Å². The Morgan fingerprint density at radius 1 is 1.10 bits per heavy atom. The van der Waals surface area contributed by atoms with Crippen molar-refractivity contribution >= 4 is 28.9 Å². The summed E-state index contributed by atoms with van der Waals surface area (Å²) in [7, 11) is 0. The van der Waals surface area contributed by atoms with E-state index in [-0.39, 0.29) is 17.9 Å². The molecule has 9 heteroatoms. The van der Waals surface area contributed by atoms with Gasteiger partial charge in [0.1, 0.15) is 18.0 Å². The van der Waals surface area contributed by atoms with Gasteiger partial charge < -0.3 is 19.7 Å². The normalized spacial score (nSPS) is 15.6. The average Bonchev–Trinajstić information content (AvgIpc) is 3.33. The molecule has 0 bridgehead atoms. The standard InChI is InChI=1S/C31H35N5O4/c1-20(37)32-28-27-24(22-13-10-16-36(18-22)30(38)40-31(2,3)4)17-25(33-29(27)35-34-28)23-14-8-9-15-26(23)39-19-21-11-6-5-7-12-21/h5-9,11-12,14-15,17,22H,10,13,16,18-19H2,1-4H3,(H2,32,33,34,35,37). The molecule has 9 nitrogen and oxygen atoms in total. The third-order valence-corrected chi connectivity index (χ3v) is 6.77. The molecule has 1 atom stereocenters. The molecule has 3 heterocycles. The van der Waals surface area contributed by atoms with Crippen molar-refractivity contribution in [2.24, 2.45) is 0 Å². The maximum atomic E-state index is 12.9. The number of aromatic amines is 1. The first-order valence-electron chi connectivity index (χ1n) is 13.6. The van der Waals surface area contributed by atoms with Crippen molar-refractivity contribution < 1.29 is 19.1 Å². The van der Waals surface area contributed by atoms with Crippen LogP contribution < -0.4 is 10.1 Å². The van der Waals surface area contributed by atoms with E-state index < -0.39 is 5.60 Å². The number of carbonyl (C=O) groups excluding carboxylic acids is 2. The minimum Gasteiger partial charge on any atom is -0.488 e. The highest BCUT2D eigenvalue weighted by Crippen LogP contribution is 2.39. The van der Waals surface area contributed by atoms with Crippen LogP contribution in [0.4, 0.5) is 10.6 Å². The first-order chi connectivity index (χ1) is 19.2. The van der Waals surface area contributed by atoms with Crippen LogP contribution >= 0.6 is 0 Å². The summed E-state index contributed by atoms with van der Waals surface area (Å²) in [5, 5.41) is 11.0. The number of hydrogen-bond acceptors (Lipinski definition) is 6. The summed E-state index contributed by atoms with van der Waals surface area (Å²) < 4.78 is 11.9. The largest absolute Gasteiger partial charge is 0.488 e. The predicted molar refractivity (Wildman–Crippen MR) is 154 cm³/mol. The molecule has 2 aromatic heterocycles. The lowest BCUT2D eigenvalue weighted by atomic mass is 9.88. The molecule has 1 unspecified atom stereocenters. The van der Waals surface area contributed by atoms with Crippen molar-refractivity contribution in [2.45, 2.75) is 58.7 Å². The lowest BCUT2D eigenvalue weighted by Gasteiger charge is -2.34. The molecule has 2 aromatic carbocycles. The van der Waals surface area contributed by atoms with Gasteiger partial charge in [0.05, 0.1) is 11.1 Å². The topological polar surface area (TPSA) is 109 Å². The Labute approximate surface area is 233 Å². The van der Waals surface area contributed by atoms with Crippen molar-refractivity contribution in [3.05, 3.63) is 71.8 Å². The van der Waals surface area contributed by atoms with E-state index in [4.69, 9.17) is 14.5 Å². The summed E-state index contributed by atoms with van der Waals surface area (Å²) in [6.07, 6.45) is 1.37. The molecule has 0 spiro atoms. The van der Waals surface area contributed by atoms with Crippen LogP contribution in [-0.2, 0) is 16.1 Å². The number of carbonyl (C=O) groups is 2. The smallest absolute Gasteiger partial charge is 0.410 e. The van der Waals surface area contributed by atoms with Gasteiger partial charge in [-0.15, -0.1) is 0 Å². The number of nitrogens with one attached hydrogen (secondary N) is 2. The van der Waals surface area contributed by atoms with Crippen molar-refractivity contribution in [1.29, 1.82) is 0 Å². The first kappa shape index (κ1) is 27.2. The van der Waals surface area contributed by atoms with Gasteiger partial charge in [-0.25, -0.2) is 9.78 Å². The van der Waals surface area contributed by atoms with Gasteiger partial charge in [0.15, 0.2) is 11.5 Å². The molecule has 2 amide bonds. The van der Waals surface area contributed by atoms with E-state index in [0.29, 0.717) is 36.9 Å². The fourth-order valence-corrected chi connectivity index (χ4v) is 5.04. The quantitative estimate of drug-likeness (QED) is 0.297. The Bertz CT molecular complexity index is 1510. The van der Waals surface area contributed by atoms with Crippen molar-refractivity contribution in [3.63, 3.8) is 0 Å². The molecule has 0 saturated carbocycles. The number of nitrogens with zero attached hydrogens (tertiary/aromatic N) is 3. The molecule has 5 rings (SSSR count). The molecule has 208 valence electrons. The fraction of sp³-hybridized carbons (Fsp3) is 0.355. The van der Waals surface area contributed by atoms with Crippen molar-refractivity contribution in [1.82, 2.24) is 20.1 Å². The molecule has 1 fully saturated rings. The molecule has 0 aliphatic carbocycles. The monoisotopic (exact) mass is 541 g/mol. The van der Waals surface area contributed by atoms with E-state index in [1.807, 2.05) is 81.4 Å². The van der Waals surface area contributed by atoms with Crippen LogP contribution in [0.1, 0.15) is 57.6 Å². The summed E-state index contributed by atoms with van der Waals surface area (Å²) in [5.41, 5.74) is 3.58. The average molecular weight is 542 g/mol. The van der Waals surface area contributed by atoms with Gasteiger partial charge >= 0.3 is 6.09 Å². The first-order valence-corrected chi connectivity index (χ1v) is 13.6. The van der Waals surface area contributed by atoms with Gasteiger partial charge in [-0.05, 0) is 62.9 Å². The molecular formula is C31H35N5O4. The second kappa shape index (κ2) is 11.4.